The van der Waals surface area contributed by atoms with Crippen LogP contribution in [0.25, 0.3) is 0 Å². The molecule has 1 aliphatic carbocycles. The summed E-state index contributed by atoms with van der Waals surface area (Å²) >= 11 is 0. The lowest BCUT2D eigenvalue weighted by atomic mass is 9.72. The summed E-state index contributed by atoms with van der Waals surface area (Å²) < 4.78 is 0. The molecule has 0 aliphatic heterocycles. The maximum absolute atomic E-state index is 13.4. The number of carbonyl (C=O) groups is 1. The van der Waals surface area contributed by atoms with Crippen LogP contribution in [0.4, 0.5) is 0 Å². The smallest absolute Gasteiger partial charge is 0.169 e. The Hall–Kier alpha value is -1.11. The largest absolute Gasteiger partial charge is 0.294 e. The van der Waals surface area contributed by atoms with Gasteiger partial charge in [0.25, 0.3) is 0 Å². The Morgan fingerprint density at radius 2 is 1.81 bits per heavy atom. The molecule has 0 N–H and O–H groups in total. The summed E-state index contributed by atoms with van der Waals surface area (Å²) in [6.45, 7) is 8.81. The summed E-state index contributed by atoms with van der Waals surface area (Å²) in [6, 6.07) is 6.52. The molecule has 0 atom stereocenters. The zero-order chi connectivity index (χ0) is 15.5. The van der Waals surface area contributed by atoms with Gasteiger partial charge in [0.05, 0.1) is 0 Å². The average molecular weight is 286 g/mol. The van der Waals surface area contributed by atoms with E-state index < -0.39 is 0 Å². The normalized spacial score (nSPS) is 17.4. The molecule has 116 valence electrons. The molecule has 1 aromatic rings. The van der Waals surface area contributed by atoms with Gasteiger partial charge in [0, 0.05) is 11.0 Å². The molecule has 2 rings (SSSR count). The molecule has 0 bridgehead atoms. The monoisotopic (exact) mass is 286 g/mol. The third-order valence-corrected chi connectivity index (χ3v) is 5.05. The van der Waals surface area contributed by atoms with Crippen molar-refractivity contribution >= 4 is 5.78 Å². The van der Waals surface area contributed by atoms with E-state index in [-0.39, 0.29) is 5.41 Å². The van der Waals surface area contributed by atoms with Gasteiger partial charge in [-0.25, -0.2) is 0 Å². The molecule has 1 aromatic carbocycles. The van der Waals surface area contributed by atoms with Crippen molar-refractivity contribution < 1.29 is 4.79 Å². The van der Waals surface area contributed by atoms with E-state index in [0.717, 1.165) is 37.7 Å². The molecular formula is C20H30O. The molecule has 1 saturated carbocycles. The van der Waals surface area contributed by atoms with Gasteiger partial charge in [-0.15, -0.1) is 0 Å². The lowest BCUT2D eigenvalue weighted by Crippen LogP contribution is -2.30. The van der Waals surface area contributed by atoms with Gasteiger partial charge in [0.2, 0.25) is 0 Å². The van der Waals surface area contributed by atoms with Crippen molar-refractivity contribution in [1.29, 1.82) is 0 Å². The summed E-state index contributed by atoms with van der Waals surface area (Å²) in [4.78, 5) is 13.4. The van der Waals surface area contributed by atoms with Gasteiger partial charge in [-0.05, 0) is 55.2 Å². The molecule has 1 fully saturated rings. The molecule has 0 spiro atoms. The Morgan fingerprint density at radius 3 is 2.33 bits per heavy atom. The minimum Gasteiger partial charge on any atom is -0.294 e. The van der Waals surface area contributed by atoms with Crippen LogP contribution in [-0.2, 0) is 12.8 Å². The zero-order valence-corrected chi connectivity index (χ0v) is 14.2. The maximum Gasteiger partial charge on any atom is 0.169 e. The van der Waals surface area contributed by atoms with E-state index in [9.17, 15) is 4.79 Å². The van der Waals surface area contributed by atoms with Crippen molar-refractivity contribution in [3.05, 3.63) is 34.9 Å². The van der Waals surface area contributed by atoms with Crippen molar-refractivity contribution in [2.75, 3.05) is 0 Å². The highest BCUT2D eigenvalue weighted by molar-refractivity contribution is 6.02. The van der Waals surface area contributed by atoms with E-state index in [1.165, 1.54) is 24.0 Å². The summed E-state index contributed by atoms with van der Waals surface area (Å²) in [6.07, 6.45) is 7.60. The summed E-state index contributed by atoms with van der Waals surface area (Å²) in [5.74, 6) is 1.02. The fourth-order valence-corrected chi connectivity index (χ4v) is 4.01. The SMILES string of the molecule is CCc1ccc(CC)c(C(=O)C2(CC(C)C)CCCC2)c1. The van der Waals surface area contributed by atoms with Crippen LogP contribution in [-0.4, -0.2) is 5.78 Å². The lowest BCUT2D eigenvalue weighted by molar-refractivity contribution is 0.0758. The van der Waals surface area contributed by atoms with Gasteiger partial charge in [-0.1, -0.05) is 52.7 Å². The zero-order valence-electron chi connectivity index (χ0n) is 14.2. The molecule has 1 heteroatoms. The van der Waals surface area contributed by atoms with Gasteiger partial charge in [-0.3, -0.25) is 4.79 Å². The molecule has 0 heterocycles. The third-order valence-electron chi connectivity index (χ3n) is 5.05. The Bertz CT molecular complexity index is 493. The van der Waals surface area contributed by atoms with Crippen molar-refractivity contribution in [2.24, 2.45) is 11.3 Å². The molecule has 0 amide bonds. The molecule has 1 nitrogen and oxygen atoms in total. The number of ketones is 1. The lowest BCUT2D eigenvalue weighted by Gasteiger charge is -2.30. The molecule has 1 aliphatic rings. The first-order valence-electron chi connectivity index (χ1n) is 8.69. The van der Waals surface area contributed by atoms with Gasteiger partial charge in [0.1, 0.15) is 0 Å². The second-order valence-electron chi connectivity index (χ2n) is 7.11. The van der Waals surface area contributed by atoms with Crippen LogP contribution in [0.15, 0.2) is 18.2 Å². The molecule has 0 aromatic heterocycles. The summed E-state index contributed by atoms with van der Waals surface area (Å²) in [5.41, 5.74) is 3.45. The Kier molecular flexibility index (Phi) is 5.24. The average Bonchev–Trinajstić information content (AvgIpc) is 2.94. The van der Waals surface area contributed by atoms with Crippen LogP contribution in [0.2, 0.25) is 0 Å². The van der Waals surface area contributed by atoms with Crippen molar-refractivity contribution in [1.82, 2.24) is 0 Å². The van der Waals surface area contributed by atoms with E-state index in [1.807, 2.05) is 0 Å². The highest BCUT2D eigenvalue weighted by Crippen LogP contribution is 2.46. The van der Waals surface area contributed by atoms with Gasteiger partial charge in [0.15, 0.2) is 5.78 Å². The number of aryl methyl sites for hydroxylation is 2. The quantitative estimate of drug-likeness (QED) is 0.622. The van der Waals surface area contributed by atoms with Crippen molar-refractivity contribution in [3.63, 3.8) is 0 Å². The van der Waals surface area contributed by atoms with Crippen LogP contribution in [0.3, 0.4) is 0 Å². The molecular weight excluding hydrogens is 256 g/mol. The number of carbonyl (C=O) groups excluding carboxylic acids is 1. The van der Waals surface area contributed by atoms with Crippen molar-refractivity contribution in [3.8, 4) is 0 Å². The fraction of sp³-hybridized carbons (Fsp3) is 0.650. The van der Waals surface area contributed by atoms with E-state index >= 15 is 0 Å². The highest BCUT2D eigenvalue weighted by Gasteiger charge is 2.42. The summed E-state index contributed by atoms with van der Waals surface area (Å²) in [7, 11) is 0. The number of rotatable bonds is 6. The second-order valence-corrected chi connectivity index (χ2v) is 7.11. The Balaban J connectivity index is 2.41. The number of hydrogen-bond acceptors (Lipinski definition) is 1. The van der Waals surface area contributed by atoms with Crippen LogP contribution in [0, 0.1) is 11.3 Å². The van der Waals surface area contributed by atoms with Crippen LogP contribution < -0.4 is 0 Å². The van der Waals surface area contributed by atoms with E-state index in [2.05, 4.69) is 45.9 Å². The maximum atomic E-state index is 13.4. The molecule has 21 heavy (non-hydrogen) atoms. The van der Waals surface area contributed by atoms with E-state index in [4.69, 9.17) is 0 Å². The minimum atomic E-state index is -0.0789. The number of benzene rings is 1. The first kappa shape index (κ1) is 16.3. The predicted molar refractivity (Wildman–Crippen MR) is 89.9 cm³/mol. The standard InChI is InChI=1S/C20H30O/c1-5-16-9-10-17(6-2)18(13-16)19(21)20(14-15(3)4)11-7-8-12-20/h9-10,13,15H,5-8,11-12,14H2,1-4H3. The van der Waals surface area contributed by atoms with Gasteiger partial charge >= 0.3 is 0 Å². The number of hydrogen-bond donors (Lipinski definition) is 0. The molecule has 0 saturated heterocycles. The predicted octanol–water partition coefficient (Wildman–Crippen LogP) is 5.60. The molecule has 0 unspecified atom stereocenters. The van der Waals surface area contributed by atoms with Gasteiger partial charge in [-0.2, -0.15) is 0 Å². The Morgan fingerprint density at radius 1 is 1.14 bits per heavy atom. The van der Waals surface area contributed by atoms with Crippen LogP contribution >= 0.6 is 0 Å². The highest BCUT2D eigenvalue weighted by atomic mass is 16.1. The topological polar surface area (TPSA) is 17.1 Å². The second kappa shape index (κ2) is 6.77. The first-order chi connectivity index (χ1) is 10.0. The Labute approximate surface area is 130 Å². The fourth-order valence-electron chi connectivity index (χ4n) is 4.01. The number of Topliss-reactive ketones (excluding diaryl/α,β-unsaturated/α-hetero) is 1. The minimum absolute atomic E-state index is 0.0789. The summed E-state index contributed by atoms with van der Waals surface area (Å²) in [5, 5.41) is 0. The van der Waals surface area contributed by atoms with Crippen LogP contribution in [0.5, 0.6) is 0 Å². The van der Waals surface area contributed by atoms with Gasteiger partial charge < -0.3 is 0 Å². The van der Waals surface area contributed by atoms with E-state index in [1.54, 1.807) is 0 Å². The first-order valence-corrected chi connectivity index (χ1v) is 8.69. The van der Waals surface area contributed by atoms with Crippen LogP contribution in [0.1, 0.15) is 81.3 Å². The van der Waals surface area contributed by atoms with E-state index in [0.29, 0.717) is 11.7 Å². The van der Waals surface area contributed by atoms with Crippen molar-refractivity contribution in [2.45, 2.75) is 72.6 Å². The third kappa shape index (κ3) is 3.39. The molecule has 0 radical (unpaired) electrons.